The van der Waals surface area contributed by atoms with Crippen molar-refractivity contribution in [2.75, 3.05) is 11.1 Å². The summed E-state index contributed by atoms with van der Waals surface area (Å²) < 4.78 is 49.5. The molecule has 0 heterocycles. The van der Waals surface area contributed by atoms with Crippen molar-refractivity contribution >= 4 is 27.3 Å². The summed E-state index contributed by atoms with van der Waals surface area (Å²) in [7, 11) is 0. The Hall–Kier alpha value is -0.980. The number of hydrogen-bond acceptors (Lipinski definition) is 2. The molecule has 17 heavy (non-hydrogen) atoms. The highest BCUT2D eigenvalue weighted by atomic mass is 79.9. The molecule has 0 aliphatic heterocycles. The summed E-state index contributed by atoms with van der Waals surface area (Å²) in [5.74, 6) is -0.559. The molecule has 96 valence electrons. The van der Waals surface area contributed by atoms with Crippen LogP contribution >= 0.6 is 15.9 Å². The molecule has 1 rings (SSSR count). The largest absolute Gasteiger partial charge is 0.397 e. The molecule has 1 atom stereocenters. The molecule has 1 aromatic carbocycles. The van der Waals surface area contributed by atoms with E-state index in [0.717, 1.165) is 6.07 Å². The van der Waals surface area contributed by atoms with Gasteiger partial charge < -0.3 is 11.1 Å². The summed E-state index contributed by atoms with van der Waals surface area (Å²) in [6.07, 6.45) is -5.24. The minimum atomic E-state index is -4.25. The fraction of sp³-hybridized carbons (Fsp3) is 0.400. The first-order chi connectivity index (χ1) is 7.69. The van der Waals surface area contributed by atoms with Gasteiger partial charge in [0.15, 0.2) is 0 Å². The number of anilines is 2. The zero-order valence-electron chi connectivity index (χ0n) is 8.91. The SMILES string of the molecule is CC(CC(F)(F)F)Nc1cc(Br)c(F)cc1N. The van der Waals surface area contributed by atoms with Crippen molar-refractivity contribution in [2.45, 2.75) is 25.6 Å². The average Bonchev–Trinajstić information content (AvgIpc) is 2.11. The molecule has 1 aromatic rings. The molecule has 0 radical (unpaired) electrons. The highest BCUT2D eigenvalue weighted by Crippen LogP contribution is 2.29. The van der Waals surface area contributed by atoms with Crippen LogP contribution in [0.25, 0.3) is 0 Å². The lowest BCUT2D eigenvalue weighted by atomic mass is 10.2. The van der Waals surface area contributed by atoms with Crippen LogP contribution in [0.3, 0.4) is 0 Å². The molecule has 0 amide bonds. The zero-order valence-corrected chi connectivity index (χ0v) is 10.5. The van der Waals surface area contributed by atoms with Crippen molar-refractivity contribution < 1.29 is 17.6 Å². The minimum absolute atomic E-state index is 0.0692. The molecule has 0 aromatic heterocycles. The molecule has 0 spiro atoms. The Labute approximate surface area is 104 Å². The molecule has 2 nitrogen and oxygen atoms in total. The molecular weight excluding hydrogens is 304 g/mol. The van der Waals surface area contributed by atoms with Gasteiger partial charge in [-0.15, -0.1) is 0 Å². The Morgan fingerprint density at radius 2 is 2.00 bits per heavy atom. The standard InChI is InChI=1S/C10H11BrF4N2/c1-5(4-10(13,14)15)17-9-2-6(11)7(12)3-8(9)16/h2-3,5,17H,4,16H2,1H3. The second-order valence-electron chi connectivity index (χ2n) is 3.72. The van der Waals surface area contributed by atoms with E-state index in [4.69, 9.17) is 5.73 Å². The lowest BCUT2D eigenvalue weighted by Gasteiger charge is -2.18. The van der Waals surface area contributed by atoms with Crippen LogP contribution in [0.2, 0.25) is 0 Å². The lowest BCUT2D eigenvalue weighted by molar-refractivity contribution is -0.136. The number of rotatable bonds is 3. The lowest BCUT2D eigenvalue weighted by Crippen LogP contribution is -2.24. The van der Waals surface area contributed by atoms with Gasteiger partial charge in [-0.3, -0.25) is 0 Å². The molecule has 3 N–H and O–H groups in total. The van der Waals surface area contributed by atoms with Crippen molar-refractivity contribution in [2.24, 2.45) is 0 Å². The van der Waals surface area contributed by atoms with E-state index >= 15 is 0 Å². The van der Waals surface area contributed by atoms with Gasteiger partial charge in [0.25, 0.3) is 0 Å². The maximum absolute atomic E-state index is 13.0. The van der Waals surface area contributed by atoms with E-state index in [9.17, 15) is 17.6 Å². The minimum Gasteiger partial charge on any atom is -0.397 e. The first kappa shape index (κ1) is 14.1. The van der Waals surface area contributed by atoms with Crippen LogP contribution in [-0.2, 0) is 0 Å². The van der Waals surface area contributed by atoms with Gasteiger partial charge in [-0.25, -0.2) is 4.39 Å². The summed E-state index contributed by atoms with van der Waals surface area (Å²) in [6, 6.07) is 1.53. The first-order valence-electron chi connectivity index (χ1n) is 4.77. The molecular formula is C10H11BrF4N2. The van der Waals surface area contributed by atoms with E-state index < -0.39 is 24.5 Å². The summed E-state index contributed by atoms with van der Waals surface area (Å²) in [5, 5.41) is 2.59. The van der Waals surface area contributed by atoms with Crippen LogP contribution in [0.4, 0.5) is 28.9 Å². The predicted molar refractivity (Wildman–Crippen MR) is 62.3 cm³/mol. The van der Waals surface area contributed by atoms with E-state index in [-0.39, 0.29) is 15.8 Å². The van der Waals surface area contributed by atoms with E-state index in [2.05, 4.69) is 21.2 Å². The fourth-order valence-corrected chi connectivity index (χ4v) is 1.69. The van der Waals surface area contributed by atoms with Crippen LogP contribution < -0.4 is 11.1 Å². The number of hydrogen-bond donors (Lipinski definition) is 2. The second kappa shape index (κ2) is 5.12. The van der Waals surface area contributed by atoms with Gasteiger partial charge in [-0.05, 0) is 28.9 Å². The molecule has 0 aliphatic carbocycles. The molecule has 1 unspecified atom stereocenters. The van der Waals surface area contributed by atoms with Crippen molar-refractivity contribution in [1.82, 2.24) is 0 Å². The van der Waals surface area contributed by atoms with Crippen molar-refractivity contribution in [1.29, 1.82) is 0 Å². The van der Waals surface area contributed by atoms with Gasteiger partial charge in [-0.2, -0.15) is 13.2 Å². The van der Waals surface area contributed by atoms with Gasteiger partial charge >= 0.3 is 6.18 Å². The average molecular weight is 315 g/mol. The highest BCUT2D eigenvalue weighted by molar-refractivity contribution is 9.10. The van der Waals surface area contributed by atoms with Gasteiger partial charge in [0.1, 0.15) is 5.82 Å². The molecule has 0 aliphatic rings. The smallest absolute Gasteiger partial charge is 0.391 e. The topological polar surface area (TPSA) is 38.0 Å². The van der Waals surface area contributed by atoms with Crippen molar-refractivity contribution in [3.63, 3.8) is 0 Å². The van der Waals surface area contributed by atoms with Crippen LogP contribution in [-0.4, -0.2) is 12.2 Å². The zero-order chi connectivity index (χ0) is 13.2. The first-order valence-corrected chi connectivity index (χ1v) is 5.56. The second-order valence-corrected chi connectivity index (χ2v) is 4.57. The summed E-state index contributed by atoms with van der Waals surface area (Å²) in [5.41, 5.74) is 5.84. The maximum Gasteiger partial charge on any atom is 0.391 e. The summed E-state index contributed by atoms with van der Waals surface area (Å²) >= 11 is 2.94. The molecule has 0 fully saturated rings. The Balaban J connectivity index is 2.78. The van der Waals surface area contributed by atoms with Gasteiger partial charge in [0.05, 0.1) is 22.3 Å². The van der Waals surface area contributed by atoms with Crippen LogP contribution in [0.1, 0.15) is 13.3 Å². The third-order valence-electron chi connectivity index (χ3n) is 2.03. The summed E-state index contributed by atoms with van der Waals surface area (Å²) in [6.45, 7) is 1.38. The molecule has 0 saturated carbocycles. The Bertz CT molecular complexity index is 406. The number of benzene rings is 1. The Morgan fingerprint density at radius 1 is 1.41 bits per heavy atom. The number of nitrogen functional groups attached to an aromatic ring is 1. The van der Waals surface area contributed by atoms with Gasteiger partial charge in [0.2, 0.25) is 0 Å². The van der Waals surface area contributed by atoms with Crippen LogP contribution in [0, 0.1) is 5.82 Å². The maximum atomic E-state index is 13.0. The van der Waals surface area contributed by atoms with Crippen LogP contribution in [0.15, 0.2) is 16.6 Å². The van der Waals surface area contributed by atoms with Crippen LogP contribution in [0.5, 0.6) is 0 Å². The van der Waals surface area contributed by atoms with Crippen molar-refractivity contribution in [3.8, 4) is 0 Å². The third kappa shape index (κ3) is 4.41. The van der Waals surface area contributed by atoms with Crippen molar-refractivity contribution in [3.05, 3.63) is 22.4 Å². The number of nitrogens with two attached hydrogens (primary N) is 1. The number of nitrogens with one attached hydrogen (secondary N) is 1. The molecule has 0 bridgehead atoms. The molecule has 0 saturated heterocycles. The highest BCUT2D eigenvalue weighted by Gasteiger charge is 2.30. The van der Waals surface area contributed by atoms with Gasteiger partial charge in [0, 0.05) is 12.1 Å². The van der Waals surface area contributed by atoms with E-state index in [1.54, 1.807) is 0 Å². The quantitative estimate of drug-likeness (QED) is 0.655. The van der Waals surface area contributed by atoms with E-state index in [1.807, 2.05) is 0 Å². The predicted octanol–water partition coefficient (Wildman–Crippen LogP) is 3.92. The normalized spacial score (nSPS) is 13.5. The monoisotopic (exact) mass is 314 g/mol. The Morgan fingerprint density at radius 3 is 2.53 bits per heavy atom. The van der Waals surface area contributed by atoms with Gasteiger partial charge in [-0.1, -0.05) is 0 Å². The van der Waals surface area contributed by atoms with E-state index in [1.165, 1.54) is 13.0 Å². The fourth-order valence-electron chi connectivity index (χ4n) is 1.35. The van der Waals surface area contributed by atoms with E-state index in [0.29, 0.717) is 0 Å². The third-order valence-corrected chi connectivity index (χ3v) is 2.64. The Kier molecular flexibility index (Phi) is 4.24. The number of alkyl halides is 3. The number of halogens is 5. The summed E-state index contributed by atoms with van der Waals surface area (Å²) in [4.78, 5) is 0. The molecule has 7 heteroatoms.